The number of carbonyl (C=O) groups excluding carboxylic acids is 1. The highest BCUT2D eigenvalue weighted by molar-refractivity contribution is 6.32. The highest BCUT2D eigenvalue weighted by atomic mass is 35.5. The van der Waals surface area contributed by atoms with Crippen LogP contribution in [-0.4, -0.2) is 34.7 Å². The lowest BCUT2D eigenvalue weighted by atomic mass is 10.2. The molecule has 3 rings (SSSR count). The van der Waals surface area contributed by atoms with Crippen LogP contribution in [0.1, 0.15) is 24.2 Å². The van der Waals surface area contributed by atoms with Gasteiger partial charge in [0.25, 0.3) is 5.56 Å². The summed E-state index contributed by atoms with van der Waals surface area (Å²) in [6.07, 6.45) is 0. The third-order valence-electron chi connectivity index (χ3n) is 3.97. The number of esters is 1. The molecular formula is C20H20ClN3O5. The van der Waals surface area contributed by atoms with E-state index in [1.54, 1.807) is 24.3 Å². The normalized spacial score (nSPS) is 10.9. The van der Waals surface area contributed by atoms with E-state index in [1.807, 2.05) is 13.8 Å². The van der Waals surface area contributed by atoms with Crippen molar-refractivity contribution in [2.75, 3.05) is 13.7 Å². The summed E-state index contributed by atoms with van der Waals surface area (Å²) in [4.78, 5) is 24.9. The molecule has 0 aliphatic heterocycles. The first-order valence-corrected chi connectivity index (χ1v) is 9.28. The Morgan fingerprint density at radius 3 is 2.72 bits per heavy atom. The molecule has 0 aliphatic carbocycles. The molecule has 1 aromatic heterocycles. The van der Waals surface area contributed by atoms with Crippen molar-refractivity contribution in [3.8, 4) is 11.5 Å². The molecule has 0 fully saturated rings. The molecule has 0 saturated heterocycles. The molecule has 152 valence electrons. The third-order valence-corrected chi connectivity index (χ3v) is 4.25. The van der Waals surface area contributed by atoms with Gasteiger partial charge in [-0.2, -0.15) is 4.68 Å². The molecule has 1 heterocycles. The van der Waals surface area contributed by atoms with Crippen LogP contribution >= 0.6 is 11.6 Å². The Kier molecular flexibility index (Phi) is 6.33. The minimum absolute atomic E-state index is 0.158. The Bertz CT molecular complexity index is 1100. The fourth-order valence-corrected chi connectivity index (χ4v) is 2.80. The number of carbonyl (C=O) groups is 1. The van der Waals surface area contributed by atoms with Crippen molar-refractivity contribution in [3.05, 3.63) is 57.3 Å². The second-order valence-electron chi connectivity index (χ2n) is 6.67. The summed E-state index contributed by atoms with van der Waals surface area (Å²) < 4.78 is 17.1. The topological polar surface area (TPSA) is 92.5 Å². The van der Waals surface area contributed by atoms with Crippen LogP contribution in [0.5, 0.6) is 11.5 Å². The SMILES string of the molecule is COc1cc(C(=O)OCn2nnc3ccccc3c2=O)cc(Cl)c1OCC(C)C. The minimum atomic E-state index is -0.692. The van der Waals surface area contributed by atoms with E-state index in [4.69, 9.17) is 25.8 Å². The van der Waals surface area contributed by atoms with Gasteiger partial charge in [-0.3, -0.25) is 4.79 Å². The molecular weight excluding hydrogens is 398 g/mol. The summed E-state index contributed by atoms with van der Waals surface area (Å²) in [6, 6.07) is 9.68. The predicted octanol–water partition coefficient (Wildman–Crippen LogP) is 3.30. The fourth-order valence-electron chi connectivity index (χ4n) is 2.54. The first-order chi connectivity index (χ1) is 13.9. The van der Waals surface area contributed by atoms with Gasteiger partial charge in [0.15, 0.2) is 18.2 Å². The summed E-state index contributed by atoms with van der Waals surface area (Å²) in [5.74, 6) is 0.271. The summed E-state index contributed by atoms with van der Waals surface area (Å²) >= 11 is 6.26. The molecule has 0 amide bonds. The zero-order chi connectivity index (χ0) is 21.0. The van der Waals surface area contributed by atoms with E-state index in [1.165, 1.54) is 19.2 Å². The molecule has 0 saturated carbocycles. The summed E-state index contributed by atoms with van der Waals surface area (Å²) in [5, 5.41) is 8.33. The van der Waals surface area contributed by atoms with E-state index in [0.29, 0.717) is 34.9 Å². The highest BCUT2D eigenvalue weighted by Gasteiger charge is 2.18. The Balaban J connectivity index is 1.78. The van der Waals surface area contributed by atoms with Crippen molar-refractivity contribution in [1.82, 2.24) is 15.0 Å². The molecule has 0 unspecified atom stereocenters. The van der Waals surface area contributed by atoms with Gasteiger partial charge in [0, 0.05) is 0 Å². The number of aromatic nitrogens is 3. The van der Waals surface area contributed by atoms with Gasteiger partial charge in [0.05, 0.1) is 29.7 Å². The van der Waals surface area contributed by atoms with Crippen molar-refractivity contribution in [3.63, 3.8) is 0 Å². The predicted molar refractivity (Wildman–Crippen MR) is 108 cm³/mol. The van der Waals surface area contributed by atoms with Crippen LogP contribution in [0.3, 0.4) is 0 Å². The highest BCUT2D eigenvalue weighted by Crippen LogP contribution is 2.36. The molecule has 0 atom stereocenters. The monoisotopic (exact) mass is 417 g/mol. The number of benzene rings is 2. The molecule has 0 N–H and O–H groups in total. The molecule has 0 aliphatic rings. The number of ether oxygens (including phenoxy) is 3. The number of hydrogen-bond acceptors (Lipinski definition) is 7. The fraction of sp³-hybridized carbons (Fsp3) is 0.300. The standard InChI is InChI=1S/C20H20ClN3O5/c1-12(2)10-28-18-15(21)8-13(9-17(18)27-3)20(26)29-11-24-19(25)14-6-4-5-7-16(14)22-23-24/h4-9,12H,10-11H2,1-3H3. The van der Waals surface area contributed by atoms with E-state index in [9.17, 15) is 9.59 Å². The Hall–Kier alpha value is -3.13. The molecule has 29 heavy (non-hydrogen) atoms. The van der Waals surface area contributed by atoms with E-state index < -0.39 is 11.5 Å². The molecule has 8 nitrogen and oxygen atoms in total. The van der Waals surface area contributed by atoms with Gasteiger partial charge in [-0.15, -0.1) is 5.10 Å². The van der Waals surface area contributed by atoms with Crippen molar-refractivity contribution in [1.29, 1.82) is 0 Å². The lowest BCUT2D eigenvalue weighted by Gasteiger charge is -2.15. The van der Waals surface area contributed by atoms with Crippen molar-refractivity contribution in [2.45, 2.75) is 20.6 Å². The van der Waals surface area contributed by atoms with E-state index in [-0.39, 0.29) is 17.3 Å². The number of methoxy groups -OCH3 is 1. The van der Waals surface area contributed by atoms with Crippen molar-refractivity contribution in [2.24, 2.45) is 5.92 Å². The number of halogens is 1. The van der Waals surface area contributed by atoms with Gasteiger partial charge in [0.2, 0.25) is 0 Å². The van der Waals surface area contributed by atoms with E-state index >= 15 is 0 Å². The maximum absolute atomic E-state index is 12.4. The largest absolute Gasteiger partial charge is 0.493 e. The lowest BCUT2D eigenvalue weighted by Crippen LogP contribution is -2.26. The number of fused-ring (bicyclic) bond motifs is 1. The van der Waals surface area contributed by atoms with Gasteiger partial charge < -0.3 is 14.2 Å². The zero-order valence-corrected chi connectivity index (χ0v) is 17.0. The van der Waals surface area contributed by atoms with Crippen LogP contribution in [0.2, 0.25) is 5.02 Å². The van der Waals surface area contributed by atoms with Gasteiger partial charge in [0.1, 0.15) is 5.52 Å². The molecule has 0 bridgehead atoms. The number of nitrogens with zero attached hydrogens (tertiary/aromatic N) is 3. The Labute approximate surface area is 171 Å². The smallest absolute Gasteiger partial charge is 0.340 e. The first kappa shape index (κ1) is 20.6. The minimum Gasteiger partial charge on any atom is -0.493 e. The average molecular weight is 418 g/mol. The second kappa shape index (κ2) is 8.91. The lowest BCUT2D eigenvalue weighted by molar-refractivity contribution is 0.0335. The van der Waals surface area contributed by atoms with Crippen molar-refractivity contribution < 1.29 is 19.0 Å². The maximum Gasteiger partial charge on any atom is 0.340 e. The average Bonchev–Trinajstić information content (AvgIpc) is 2.71. The van der Waals surface area contributed by atoms with Gasteiger partial charge in [-0.25, -0.2) is 4.79 Å². The Morgan fingerprint density at radius 2 is 2.00 bits per heavy atom. The molecule has 3 aromatic rings. The van der Waals surface area contributed by atoms with Crippen molar-refractivity contribution >= 4 is 28.5 Å². The van der Waals surface area contributed by atoms with Crippen LogP contribution in [0, 0.1) is 5.92 Å². The summed E-state index contributed by atoms with van der Waals surface area (Å²) in [7, 11) is 1.45. The van der Waals surface area contributed by atoms with Gasteiger partial charge in [-0.05, 0) is 30.2 Å². The molecule has 9 heteroatoms. The maximum atomic E-state index is 12.4. The quantitative estimate of drug-likeness (QED) is 0.544. The van der Waals surface area contributed by atoms with Crippen LogP contribution in [0.15, 0.2) is 41.2 Å². The van der Waals surface area contributed by atoms with Gasteiger partial charge >= 0.3 is 5.97 Å². The molecule has 0 spiro atoms. The second-order valence-corrected chi connectivity index (χ2v) is 7.07. The Morgan fingerprint density at radius 1 is 1.24 bits per heavy atom. The van der Waals surface area contributed by atoms with Crippen LogP contribution in [0.25, 0.3) is 10.9 Å². The van der Waals surface area contributed by atoms with E-state index in [2.05, 4.69) is 10.3 Å². The van der Waals surface area contributed by atoms with Gasteiger partial charge in [-0.1, -0.05) is 42.8 Å². The third kappa shape index (κ3) is 4.65. The number of rotatable bonds is 7. The summed E-state index contributed by atoms with van der Waals surface area (Å²) in [5.41, 5.74) is 0.218. The summed E-state index contributed by atoms with van der Waals surface area (Å²) in [6.45, 7) is 4.07. The van der Waals surface area contributed by atoms with Crippen LogP contribution in [-0.2, 0) is 11.5 Å². The molecule has 2 aromatic carbocycles. The van der Waals surface area contributed by atoms with Crippen LogP contribution < -0.4 is 15.0 Å². The number of hydrogen-bond donors (Lipinski definition) is 0. The first-order valence-electron chi connectivity index (χ1n) is 8.90. The molecule has 0 radical (unpaired) electrons. The van der Waals surface area contributed by atoms with Crippen LogP contribution in [0.4, 0.5) is 0 Å². The zero-order valence-electron chi connectivity index (χ0n) is 16.2. The van der Waals surface area contributed by atoms with E-state index in [0.717, 1.165) is 4.68 Å².